The largest absolute Gasteiger partial charge is 0.573 e. The molecular weight excluding hydrogens is 515 g/mol. The van der Waals surface area contributed by atoms with Crippen molar-refractivity contribution in [1.82, 2.24) is 20.8 Å². The number of anilines is 2. The molecule has 37 heavy (non-hydrogen) atoms. The molecule has 0 fully saturated rings. The topological polar surface area (TPSA) is 160 Å². The van der Waals surface area contributed by atoms with Crippen LogP contribution in [0.4, 0.5) is 24.7 Å². The number of aromatic nitrogens is 2. The third-order valence-electron chi connectivity index (χ3n) is 5.13. The average Bonchev–Trinajstić information content (AvgIpc) is 3.25. The molecule has 0 saturated carbocycles. The second-order valence-electron chi connectivity index (χ2n) is 7.79. The number of carbonyl (C=O) groups is 1. The van der Waals surface area contributed by atoms with E-state index in [1.807, 2.05) is 0 Å². The van der Waals surface area contributed by atoms with Crippen LogP contribution in [0.5, 0.6) is 5.75 Å². The summed E-state index contributed by atoms with van der Waals surface area (Å²) < 4.78 is 68.4. The van der Waals surface area contributed by atoms with Crippen LogP contribution >= 0.6 is 0 Å². The number of rotatable bonds is 9. The van der Waals surface area contributed by atoms with E-state index in [9.17, 15) is 26.4 Å². The van der Waals surface area contributed by atoms with Gasteiger partial charge < -0.3 is 21.2 Å². The summed E-state index contributed by atoms with van der Waals surface area (Å²) in [5.41, 5.74) is 11.0. The first-order chi connectivity index (χ1) is 17.5. The molecule has 3 aromatic rings. The summed E-state index contributed by atoms with van der Waals surface area (Å²) in [6.45, 7) is 0. The van der Waals surface area contributed by atoms with Crippen molar-refractivity contribution in [3.63, 3.8) is 0 Å². The summed E-state index contributed by atoms with van der Waals surface area (Å²) in [6, 6.07) is 10.6. The van der Waals surface area contributed by atoms with E-state index < -0.39 is 39.5 Å². The number of nitrogens with zero attached hydrogens (tertiary/aromatic N) is 2. The fraction of sp³-hybridized carbons (Fsp3) is 0.136. The van der Waals surface area contributed by atoms with Gasteiger partial charge in [0.2, 0.25) is 15.9 Å². The zero-order valence-corrected chi connectivity index (χ0v) is 19.6. The second kappa shape index (κ2) is 9.94. The lowest BCUT2D eigenvalue weighted by atomic mass is 9.92. The number of nitrogens with one attached hydrogen (secondary N) is 4. The van der Waals surface area contributed by atoms with Gasteiger partial charge in [0.1, 0.15) is 11.6 Å². The Morgan fingerprint density at radius 3 is 2.38 bits per heavy atom. The van der Waals surface area contributed by atoms with E-state index in [1.54, 1.807) is 12.1 Å². The molecule has 1 amide bonds. The molecule has 1 aromatic heterocycles. The van der Waals surface area contributed by atoms with E-state index in [2.05, 4.69) is 35.6 Å². The molecule has 0 saturated heterocycles. The van der Waals surface area contributed by atoms with Gasteiger partial charge in [0.05, 0.1) is 17.5 Å². The Balaban J connectivity index is 1.51. The summed E-state index contributed by atoms with van der Waals surface area (Å²) in [5.74, 6) is -1.33. The van der Waals surface area contributed by atoms with Crippen molar-refractivity contribution in [2.45, 2.75) is 17.8 Å². The van der Waals surface area contributed by atoms with Gasteiger partial charge in [0.15, 0.2) is 5.66 Å². The van der Waals surface area contributed by atoms with E-state index in [0.29, 0.717) is 11.4 Å². The molecule has 0 radical (unpaired) electrons. The van der Waals surface area contributed by atoms with Crippen LogP contribution in [-0.4, -0.2) is 30.7 Å². The average molecular weight is 536 g/mol. The molecule has 15 heteroatoms. The maximum Gasteiger partial charge on any atom is 0.573 e. The molecule has 0 bridgehead atoms. The van der Waals surface area contributed by atoms with E-state index in [0.717, 1.165) is 12.1 Å². The Hall–Kier alpha value is -4.37. The number of hydrogen-bond donors (Lipinski definition) is 5. The maximum absolute atomic E-state index is 12.6. The van der Waals surface area contributed by atoms with Gasteiger partial charge >= 0.3 is 6.36 Å². The van der Waals surface area contributed by atoms with E-state index in [4.69, 9.17) is 5.73 Å². The van der Waals surface area contributed by atoms with Crippen molar-refractivity contribution in [1.29, 1.82) is 0 Å². The smallest absolute Gasteiger partial charge is 0.406 e. The number of hydrazine groups is 1. The zero-order chi connectivity index (χ0) is 26.7. The number of hydrogen-bond acceptors (Lipinski definition) is 9. The van der Waals surface area contributed by atoms with Crippen LogP contribution in [0.3, 0.4) is 0 Å². The molecule has 2 heterocycles. The minimum absolute atomic E-state index is 0.143. The number of sulfonamides is 1. The molecule has 2 aromatic carbocycles. The van der Waals surface area contributed by atoms with Crippen molar-refractivity contribution in [3.8, 4) is 5.75 Å². The Bertz CT molecular complexity index is 1400. The quantitative estimate of drug-likeness (QED) is 0.276. The lowest BCUT2D eigenvalue weighted by Crippen LogP contribution is -2.52. The molecule has 11 nitrogen and oxygen atoms in total. The molecule has 0 spiro atoms. The number of carbonyl (C=O) groups excluding carboxylic acids is 1. The van der Waals surface area contributed by atoms with E-state index >= 15 is 0 Å². The minimum atomic E-state index is -4.85. The summed E-state index contributed by atoms with van der Waals surface area (Å²) in [5, 5.41) is 3.09. The Morgan fingerprint density at radius 1 is 1.08 bits per heavy atom. The summed E-state index contributed by atoms with van der Waals surface area (Å²) in [7, 11) is -3.92. The Morgan fingerprint density at radius 2 is 1.78 bits per heavy atom. The van der Waals surface area contributed by atoms with Gasteiger partial charge in [-0.25, -0.2) is 18.8 Å². The number of ether oxygens (including phenoxy) is 1. The molecule has 6 N–H and O–H groups in total. The molecule has 0 aliphatic carbocycles. The summed E-state index contributed by atoms with van der Waals surface area (Å²) >= 11 is 0. The van der Waals surface area contributed by atoms with Gasteiger partial charge in [0, 0.05) is 24.3 Å². The minimum Gasteiger partial charge on any atom is -0.406 e. The van der Waals surface area contributed by atoms with Gasteiger partial charge in [-0.05, 0) is 35.4 Å². The first kappa shape index (κ1) is 25.7. The first-order valence-electron chi connectivity index (χ1n) is 10.5. The number of benzene rings is 2. The third kappa shape index (κ3) is 6.25. The molecule has 4 rings (SSSR count). The Kier molecular flexibility index (Phi) is 6.91. The fourth-order valence-electron chi connectivity index (χ4n) is 3.61. The van der Waals surface area contributed by atoms with Crippen molar-refractivity contribution in [2.24, 2.45) is 5.73 Å². The molecule has 1 aliphatic rings. The maximum atomic E-state index is 12.6. The van der Waals surface area contributed by atoms with Gasteiger partial charge in [-0.1, -0.05) is 24.3 Å². The van der Waals surface area contributed by atoms with E-state index in [-0.39, 0.29) is 16.8 Å². The SMILES string of the molecule is NC(=O)C1=CNNC1(Nc1cnccn1)c1ccc(NS(=O)(=O)Cc2ccc(OC(F)(F)F)cc2)cc1. The van der Waals surface area contributed by atoms with Crippen molar-refractivity contribution in [2.75, 3.05) is 10.0 Å². The van der Waals surface area contributed by atoms with Gasteiger partial charge in [-0.2, -0.15) is 0 Å². The standard InChI is InChI=1S/C22H20F3N7O4S/c23-22(24,25)36-17-7-1-14(2-8-17)13-37(34,35)31-16-5-3-15(4-6-16)21(18(20(26)33)11-29-32-21)30-19-12-27-9-10-28-19/h1-12,29,31-32H,13H2,(H2,26,33)(H,28,30). The highest BCUT2D eigenvalue weighted by molar-refractivity contribution is 7.91. The molecule has 1 aliphatic heterocycles. The predicted octanol–water partition coefficient (Wildman–Crippen LogP) is 2.06. The van der Waals surface area contributed by atoms with Crippen LogP contribution in [0.25, 0.3) is 0 Å². The molecular formula is C22H20F3N7O4S. The number of nitrogens with two attached hydrogens (primary N) is 1. The molecule has 1 atom stereocenters. The van der Waals surface area contributed by atoms with Crippen molar-refractivity contribution in [3.05, 3.63) is 90.0 Å². The van der Waals surface area contributed by atoms with Crippen LogP contribution in [0, 0.1) is 0 Å². The van der Waals surface area contributed by atoms with Gasteiger partial charge in [-0.3, -0.25) is 14.5 Å². The fourth-order valence-corrected chi connectivity index (χ4v) is 4.81. The van der Waals surface area contributed by atoms with E-state index in [1.165, 1.54) is 49.1 Å². The predicted molar refractivity (Wildman–Crippen MR) is 127 cm³/mol. The van der Waals surface area contributed by atoms with Crippen LogP contribution in [0.15, 0.2) is 78.9 Å². The van der Waals surface area contributed by atoms with Gasteiger partial charge in [0.25, 0.3) is 0 Å². The summed E-state index contributed by atoms with van der Waals surface area (Å²) in [6.07, 6.45) is 0.940. The highest BCUT2D eigenvalue weighted by Gasteiger charge is 2.43. The first-order valence-corrected chi connectivity index (χ1v) is 12.1. The van der Waals surface area contributed by atoms with Crippen LogP contribution in [0.1, 0.15) is 11.1 Å². The lowest BCUT2D eigenvalue weighted by Gasteiger charge is -2.33. The highest BCUT2D eigenvalue weighted by atomic mass is 32.2. The van der Waals surface area contributed by atoms with Crippen LogP contribution in [-0.2, 0) is 26.2 Å². The highest BCUT2D eigenvalue weighted by Crippen LogP contribution is 2.33. The monoisotopic (exact) mass is 535 g/mol. The van der Waals surface area contributed by atoms with Crippen molar-refractivity contribution < 1.29 is 31.1 Å². The van der Waals surface area contributed by atoms with Crippen molar-refractivity contribution >= 4 is 27.4 Å². The van der Waals surface area contributed by atoms with Gasteiger partial charge in [-0.15, -0.1) is 13.2 Å². The Labute approximate surface area is 209 Å². The van der Waals surface area contributed by atoms with Crippen LogP contribution in [0.2, 0.25) is 0 Å². The number of amides is 1. The summed E-state index contributed by atoms with van der Waals surface area (Å²) in [4.78, 5) is 20.3. The normalized spacial score (nSPS) is 17.4. The molecule has 1 unspecified atom stereocenters. The molecule has 194 valence electrons. The zero-order valence-electron chi connectivity index (χ0n) is 18.8. The second-order valence-corrected chi connectivity index (χ2v) is 9.51. The number of alkyl halides is 3. The number of halogens is 3. The third-order valence-corrected chi connectivity index (χ3v) is 6.39. The number of primary amides is 1. The lowest BCUT2D eigenvalue weighted by molar-refractivity contribution is -0.274. The van der Waals surface area contributed by atoms with Crippen LogP contribution < -0.4 is 31.4 Å².